The third-order valence-electron chi connectivity index (χ3n) is 17.9. The fourth-order valence-electron chi connectivity index (χ4n) is 14.3. The van der Waals surface area contributed by atoms with E-state index >= 15 is 0 Å². The molecule has 0 aromatic carbocycles. The molecule has 11 nitrogen and oxygen atoms in total. The zero-order chi connectivity index (χ0) is 56.3. The molecular weight excluding hydrogens is 979 g/mol. The van der Waals surface area contributed by atoms with Crippen molar-refractivity contribution in [3.63, 3.8) is 0 Å². The summed E-state index contributed by atoms with van der Waals surface area (Å²) in [6.07, 6.45) is 44.5. The third kappa shape index (κ3) is 32.2. The average Bonchev–Trinajstić information content (AvgIpc) is 3.62. The van der Waals surface area contributed by atoms with E-state index < -0.39 is 0 Å². The van der Waals surface area contributed by atoms with Crippen molar-refractivity contribution in [1.82, 2.24) is 4.90 Å². The van der Waals surface area contributed by atoms with Crippen LogP contribution >= 0.6 is 0 Å². The molecule has 11 heteroatoms. The van der Waals surface area contributed by atoms with Crippen LogP contribution in [0.1, 0.15) is 311 Å². The molecule has 4 aliphatic carbocycles. The number of hydrogen-bond acceptors (Lipinski definition) is 11. The molecule has 0 N–H and O–H groups in total. The number of hydrogen-bond donors (Lipinski definition) is 0. The van der Waals surface area contributed by atoms with Crippen LogP contribution in [0.2, 0.25) is 0 Å². The number of unbranched alkanes of at least 4 members (excludes halogenated alkanes) is 20. The number of esters is 3. The van der Waals surface area contributed by atoms with Crippen LogP contribution in [0, 0.1) is 22.2 Å². The van der Waals surface area contributed by atoms with Crippen molar-refractivity contribution in [2.45, 2.75) is 324 Å². The maximum atomic E-state index is 13.3. The van der Waals surface area contributed by atoms with Crippen LogP contribution in [0.4, 0.5) is 0 Å². The molecule has 0 aliphatic heterocycles. The first-order valence-electron chi connectivity index (χ1n) is 33.7. The van der Waals surface area contributed by atoms with Gasteiger partial charge in [0.1, 0.15) is 0 Å². The van der Waals surface area contributed by atoms with Gasteiger partial charge < -0.3 is 38.1 Å². The molecule has 0 amide bonds. The van der Waals surface area contributed by atoms with Crippen LogP contribution in [0.5, 0.6) is 0 Å². The van der Waals surface area contributed by atoms with Gasteiger partial charge in [0.2, 0.25) is 0 Å². The summed E-state index contributed by atoms with van der Waals surface area (Å²) in [5.41, 5.74) is 0.648. The van der Waals surface area contributed by atoms with Gasteiger partial charge in [-0.25, -0.2) is 0 Å². The summed E-state index contributed by atoms with van der Waals surface area (Å²) in [4.78, 5) is 41.7. The number of ether oxygens (including phenoxy) is 7. The third-order valence-corrected chi connectivity index (χ3v) is 17.9. The molecule has 78 heavy (non-hydrogen) atoms. The molecule has 4 saturated carbocycles. The number of carbonyl (C=O) groups excluding carboxylic acids is 3. The van der Waals surface area contributed by atoms with E-state index in [9.17, 15) is 14.4 Å². The molecule has 4 rings (SSSR count). The van der Waals surface area contributed by atoms with E-state index in [2.05, 4.69) is 46.4 Å². The first kappa shape index (κ1) is 70.5. The van der Waals surface area contributed by atoms with Crippen molar-refractivity contribution in [3.05, 3.63) is 0 Å². The smallest absolute Gasteiger partial charge is 0.305 e. The van der Waals surface area contributed by atoms with Crippen LogP contribution in [-0.2, 0) is 47.5 Å². The molecule has 0 aromatic rings. The Labute approximate surface area is 480 Å². The zero-order valence-electron chi connectivity index (χ0n) is 52.0. The van der Waals surface area contributed by atoms with Crippen molar-refractivity contribution in [2.24, 2.45) is 22.2 Å². The maximum Gasteiger partial charge on any atom is 0.305 e. The lowest BCUT2D eigenvalue weighted by molar-refractivity contribution is -0.173. The predicted octanol–water partition coefficient (Wildman–Crippen LogP) is 17.8. The summed E-state index contributed by atoms with van der Waals surface area (Å²) in [6, 6.07) is 0. The van der Waals surface area contributed by atoms with Crippen molar-refractivity contribution >= 4 is 17.9 Å². The first-order chi connectivity index (χ1) is 38.1. The fourth-order valence-corrected chi connectivity index (χ4v) is 14.3. The van der Waals surface area contributed by atoms with Gasteiger partial charge in [0.05, 0.1) is 32.7 Å². The van der Waals surface area contributed by atoms with E-state index in [0.29, 0.717) is 84.3 Å². The molecule has 2 unspecified atom stereocenters. The van der Waals surface area contributed by atoms with Gasteiger partial charge in [-0.15, -0.1) is 0 Å². The minimum absolute atomic E-state index is 0.0708. The summed E-state index contributed by atoms with van der Waals surface area (Å²) in [5.74, 6) is 0.291. The van der Waals surface area contributed by atoms with Gasteiger partial charge in [-0.2, -0.15) is 0 Å². The van der Waals surface area contributed by atoms with E-state index in [4.69, 9.17) is 33.2 Å². The van der Waals surface area contributed by atoms with Crippen molar-refractivity contribution in [3.8, 4) is 0 Å². The first-order valence-corrected chi connectivity index (χ1v) is 33.7. The van der Waals surface area contributed by atoms with Gasteiger partial charge >= 0.3 is 17.9 Å². The molecule has 0 radical (unpaired) electrons. The summed E-state index contributed by atoms with van der Waals surface area (Å²) in [7, 11) is 0. The summed E-state index contributed by atoms with van der Waals surface area (Å²) >= 11 is 0. The zero-order valence-corrected chi connectivity index (χ0v) is 52.0. The molecule has 458 valence electrons. The number of carbonyl (C=O) groups is 3. The molecule has 0 spiro atoms. The molecule has 4 bridgehead atoms. The van der Waals surface area contributed by atoms with E-state index in [1.807, 2.05) is 0 Å². The van der Waals surface area contributed by atoms with Crippen LogP contribution in [0.25, 0.3) is 0 Å². The number of nitrogens with zero attached hydrogens (tertiary/aromatic N) is 1. The van der Waals surface area contributed by atoms with E-state index in [1.165, 1.54) is 167 Å². The largest absolute Gasteiger partial charge is 0.466 e. The normalized spacial score (nSPS) is 20.7. The van der Waals surface area contributed by atoms with E-state index in [1.54, 1.807) is 0 Å². The second kappa shape index (κ2) is 44.7. The highest BCUT2D eigenvalue weighted by Crippen LogP contribution is 2.73. The van der Waals surface area contributed by atoms with E-state index in [0.717, 1.165) is 90.3 Å². The Morgan fingerprint density at radius 1 is 0.372 bits per heavy atom. The summed E-state index contributed by atoms with van der Waals surface area (Å²) < 4.78 is 42.7. The molecule has 4 fully saturated rings. The lowest BCUT2D eigenvalue weighted by Gasteiger charge is -2.67. The standard InChI is InChI=1S/C67H125NO10/c1-7-13-17-21-25-29-46-75-63(76-47-30-26-22-18-14-8-2)40-38-61(70)73-51-35-43-66-54-59-53-65(56-66,42-34-50-72-60(69)37-33-45-68(11-5)12-6)57-67(55-59,58-66)44-36-52-74-62(71)39-41-64(77-48-31-27-23-19-15-9-3)78-49-32-28-24-20-16-10-4/h59,63-64H,7-58H2,1-6H3. The van der Waals surface area contributed by atoms with Crippen LogP contribution in [-0.4, -0.2) is 101 Å². The quantitative estimate of drug-likeness (QED) is 0.0251. The van der Waals surface area contributed by atoms with Crippen LogP contribution < -0.4 is 0 Å². The Bertz CT molecular complexity index is 1360. The SMILES string of the molecule is CCCCCCCCOC(CCC(=O)OCCCC12CC3CC(CCCOC(=O)CCCN(CC)CC)(C1)CC(CCCOC(=O)CCC(OCCCCCCCC)OCCCCCCCC)(C3)C2)OCCCCCCCC. The Kier molecular flexibility index (Phi) is 40.4. The Hall–Kier alpha value is -1.79. The molecule has 4 aliphatic rings. The second-order valence-electron chi connectivity index (χ2n) is 25.1. The topological polar surface area (TPSA) is 119 Å². The molecule has 2 atom stereocenters. The highest BCUT2D eigenvalue weighted by Gasteiger charge is 2.62. The molecular formula is C67H125NO10. The van der Waals surface area contributed by atoms with Gasteiger partial charge in [-0.05, 0) is 151 Å². The lowest BCUT2D eigenvalue weighted by Crippen LogP contribution is -2.57. The van der Waals surface area contributed by atoms with Crippen molar-refractivity contribution < 1.29 is 47.5 Å². The highest BCUT2D eigenvalue weighted by molar-refractivity contribution is 5.70. The summed E-state index contributed by atoms with van der Waals surface area (Å²) in [5, 5.41) is 0. The van der Waals surface area contributed by atoms with E-state index in [-0.39, 0.29) is 46.7 Å². The van der Waals surface area contributed by atoms with Crippen LogP contribution in [0.15, 0.2) is 0 Å². The van der Waals surface area contributed by atoms with Crippen molar-refractivity contribution in [1.29, 1.82) is 0 Å². The van der Waals surface area contributed by atoms with Gasteiger partial charge in [0.25, 0.3) is 0 Å². The Morgan fingerprint density at radius 2 is 0.667 bits per heavy atom. The van der Waals surface area contributed by atoms with Gasteiger partial charge in [0.15, 0.2) is 12.6 Å². The summed E-state index contributed by atoms with van der Waals surface area (Å²) in [6.45, 7) is 20.4. The fraction of sp³-hybridized carbons (Fsp3) is 0.955. The minimum atomic E-state index is -0.363. The Balaban J connectivity index is 1.55. The molecule has 0 heterocycles. The van der Waals surface area contributed by atoms with Gasteiger partial charge in [-0.3, -0.25) is 14.4 Å². The molecule has 0 saturated heterocycles. The van der Waals surface area contributed by atoms with Crippen LogP contribution in [0.3, 0.4) is 0 Å². The number of rotatable bonds is 56. The highest BCUT2D eigenvalue weighted by atomic mass is 16.7. The molecule has 0 aromatic heterocycles. The predicted molar refractivity (Wildman–Crippen MR) is 319 cm³/mol. The monoisotopic (exact) mass is 1100 g/mol. The van der Waals surface area contributed by atoms with Gasteiger partial charge in [0, 0.05) is 45.7 Å². The van der Waals surface area contributed by atoms with Crippen molar-refractivity contribution in [2.75, 3.05) is 65.9 Å². The minimum Gasteiger partial charge on any atom is -0.466 e. The van der Waals surface area contributed by atoms with Gasteiger partial charge in [-0.1, -0.05) is 170 Å². The lowest BCUT2D eigenvalue weighted by atomic mass is 9.37. The average molecular weight is 1100 g/mol. The maximum absolute atomic E-state index is 13.3. The Morgan fingerprint density at radius 3 is 0.974 bits per heavy atom. The second-order valence-corrected chi connectivity index (χ2v) is 25.1.